The Bertz CT molecular complexity index is 1050. The molecular weight excluding hydrogens is 308 g/mol. The summed E-state index contributed by atoms with van der Waals surface area (Å²) in [5.74, 6) is 1.59. The molecule has 1 aromatic carbocycles. The molecule has 0 amide bonds. The number of benzene rings is 1. The second-order valence-corrected chi connectivity index (χ2v) is 6.23. The lowest BCUT2D eigenvalue weighted by atomic mass is 10.2. The number of hydrogen-bond donors (Lipinski definition) is 0. The SMILES string of the molecule is c1ccc2oc(-c3nccn3Cc3cn4ccsc4n3)cc2c1. The number of para-hydroxylation sites is 1. The van der Waals surface area contributed by atoms with Gasteiger partial charge in [0.05, 0.1) is 12.2 Å². The third-order valence-electron chi connectivity index (χ3n) is 3.84. The first kappa shape index (κ1) is 12.7. The van der Waals surface area contributed by atoms with E-state index in [0.29, 0.717) is 6.54 Å². The van der Waals surface area contributed by atoms with E-state index in [2.05, 4.69) is 14.5 Å². The lowest BCUT2D eigenvalue weighted by molar-refractivity contribution is 0.616. The van der Waals surface area contributed by atoms with E-state index in [1.165, 1.54) is 0 Å². The monoisotopic (exact) mass is 320 g/mol. The first-order valence-corrected chi connectivity index (χ1v) is 8.16. The number of fused-ring (bicyclic) bond motifs is 2. The Hall–Kier alpha value is -2.86. The third kappa shape index (κ3) is 2.07. The van der Waals surface area contributed by atoms with Gasteiger partial charge in [-0.2, -0.15) is 0 Å². The van der Waals surface area contributed by atoms with Crippen LogP contribution in [0.3, 0.4) is 0 Å². The number of thiazole rings is 1. The summed E-state index contributed by atoms with van der Waals surface area (Å²) in [6, 6.07) is 10.0. The van der Waals surface area contributed by atoms with E-state index in [4.69, 9.17) is 4.42 Å². The summed E-state index contributed by atoms with van der Waals surface area (Å²) in [7, 11) is 0. The van der Waals surface area contributed by atoms with Gasteiger partial charge in [-0.1, -0.05) is 18.2 Å². The second-order valence-electron chi connectivity index (χ2n) is 5.35. The standard InChI is InChI=1S/C17H12N4OS/c1-2-4-14-12(3-1)9-15(22-14)16-18-5-6-20(16)10-13-11-21-7-8-23-17(21)19-13/h1-9,11H,10H2. The summed E-state index contributed by atoms with van der Waals surface area (Å²) in [6.45, 7) is 0.667. The largest absolute Gasteiger partial charge is 0.453 e. The van der Waals surface area contributed by atoms with Crippen LogP contribution >= 0.6 is 11.3 Å². The number of hydrogen-bond acceptors (Lipinski definition) is 4. The average molecular weight is 320 g/mol. The Labute approximate surface area is 135 Å². The van der Waals surface area contributed by atoms with Crippen molar-refractivity contribution in [1.29, 1.82) is 0 Å². The van der Waals surface area contributed by atoms with Crippen LogP contribution in [0.4, 0.5) is 0 Å². The van der Waals surface area contributed by atoms with Crippen molar-refractivity contribution in [2.75, 3.05) is 0 Å². The summed E-state index contributed by atoms with van der Waals surface area (Å²) in [5, 5.41) is 3.11. The minimum Gasteiger partial charge on any atom is -0.453 e. The van der Waals surface area contributed by atoms with Gasteiger partial charge in [0.2, 0.25) is 0 Å². The maximum Gasteiger partial charge on any atom is 0.193 e. The summed E-state index contributed by atoms with van der Waals surface area (Å²) in [5.41, 5.74) is 1.88. The molecule has 0 saturated carbocycles. The van der Waals surface area contributed by atoms with Crippen LogP contribution in [0, 0.1) is 0 Å². The smallest absolute Gasteiger partial charge is 0.193 e. The van der Waals surface area contributed by atoms with E-state index in [1.54, 1.807) is 17.5 Å². The molecule has 0 radical (unpaired) electrons. The minimum atomic E-state index is 0.667. The highest BCUT2D eigenvalue weighted by Gasteiger charge is 2.13. The zero-order chi connectivity index (χ0) is 15.2. The first-order chi connectivity index (χ1) is 11.4. The Balaban J connectivity index is 1.55. The summed E-state index contributed by atoms with van der Waals surface area (Å²) in [4.78, 5) is 10.1. The van der Waals surface area contributed by atoms with Crippen molar-refractivity contribution >= 4 is 27.3 Å². The van der Waals surface area contributed by atoms with Gasteiger partial charge in [0, 0.05) is 35.6 Å². The number of imidazole rings is 2. The van der Waals surface area contributed by atoms with Crippen molar-refractivity contribution in [3.63, 3.8) is 0 Å². The highest BCUT2D eigenvalue weighted by atomic mass is 32.1. The number of rotatable bonds is 3. The molecule has 0 spiro atoms. The maximum atomic E-state index is 5.93. The predicted octanol–water partition coefficient (Wildman–Crippen LogP) is 4.05. The fourth-order valence-electron chi connectivity index (χ4n) is 2.78. The van der Waals surface area contributed by atoms with Crippen LogP contribution < -0.4 is 0 Å². The number of furan rings is 1. The van der Waals surface area contributed by atoms with Gasteiger partial charge in [0.15, 0.2) is 16.5 Å². The van der Waals surface area contributed by atoms with Crippen LogP contribution in [-0.2, 0) is 6.54 Å². The Morgan fingerprint density at radius 2 is 2.13 bits per heavy atom. The van der Waals surface area contributed by atoms with Crippen molar-refractivity contribution in [2.45, 2.75) is 6.54 Å². The van der Waals surface area contributed by atoms with Crippen LogP contribution in [0.25, 0.3) is 27.5 Å². The third-order valence-corrected chi connectivity index (χ3v) is 4.61. The molecule has 0 unspecified atom stereocenters. The Morgan fingerprint density at radius 1 is 1.17 bits per heavy atom. The van der Waals surface area contributed by atoms with E-state index in [0.717, 1.165) is 33.2 Å². The van der Waals surface area contributed by atoms with E-state index in [-0.39, 0.29) is 0 Å². The molecule has 0 bridgehead atoms. The van der Waals surface area contributed by atoms with Crippen molar-refractivity contribution < 1.29 is 4.42 Å². The molecule has 5 nitrogen and oxygen atoms in total. The van der Waals surface area contributed by atoms with Gasteiger partial charge in [-0.15, -0.1) is 11.3 Å². The van der Waals surface area contributed by atoms with Gasteiger partial charge in [-0.3, -0.25) is 4.40 Å². The van der Waals surface area contributed by atoms with Gasteiger partial charge in [0.1, 0.15) is 5.58 Å². The van der Waals surface area contributed by atoms with Crippen molar-refractivity contribution in [1.82, 2.24) is 18.9 Å². The molecule has 0 aliphatic carbocycles. The van der Waals surface area contributed by atoms with Crippen molar-refractivity contribution in [2.24, 2.45) is 0 Å². The molecule has 0 saturated heterocycles. The molecule has 4 heterocycles. The second kappa shape index (κ2) is 4.82. The zero-order valence-corrected chi connectivity index (χ0v) is 12.9. The molecule has 112 valence electrons. The van der Waals surface area contributed by atoms with Crippen molar-refractivity contribution in [3.05, 3.63) is 66.2 Å². The van der Waals surface area contributed by atoms with E-state index in [1.807, 2.05) is 58.7 Å². The lowest BCUT2D eigenvalue weighted by Crippen LogP contribution is -2.00. The normalized spacial score (nSPS) is 11.7. The van der Waals surface area contributed by atoms with Crippen LogP contribution in [0.15, 0.2) is 64.9 Å². The predicted molar refractivity (Wildman–Crippen MR) is 89.6 cm³/mol. The number of aromatic nitrogens is 4. The van der Waals surface area contributed by atoms with Crippen LogP contribution in [0.1, 0.15) is 5.69 Å². The van der Waals surface area contributed by atoms with Gasteiger partial charge >= 0.3 is 0 Å². The Morgan fingerprint density at radius 3 is 3.04 bits per heavy atom. The van der Waals surface area contributed by atoms with Crippen LogP contribution in [-0.4, -0.2) is 18.9 Å². The van der Waals surface area contributed by atoms with E-state index < -0.39 is 0 Å². The Kier molecular flexibility index (Phi) is 2.65. The lowest BCUT2D eigenvalue weighted by Gasteiger charge is -2.03. The average Bonchev–Trinajstić information content (AvgIpc) is 3.29. The fraction of sp³-hybridized carbons (Fsp3) is 0.0588. The summed E-state index contributed by atoms with van der Waals surface area (Å²) in [6.07, 6.45) is 7.82. The maximum absolute atomic E-state index is 5.93. The zero-order valence-electron chi connectivity index (χ0n) is 12.1. The molecular formula is C17H12N4OS. The fourth-order valence-corrected chi connectivity index (χ4v) is 3.50. The number of nitrogens with zero attached hydrogens (tertiary/aromatic N) is 4. The highest BCUT2D eigenvalue weighted by molar-refractivity contribution is 7.15. The van der Waals surface area contributed by atoms with Gasteiger partial charge < -0.3 is 8.98 Å². The summed E-state index contributed by atoms with van der Waals surface area (Å²) < 4.78 is 10.0. The molecule has 0 N–H and O–H groups in total. The molecule has 0 aliphatic rings. The molecule has 4 aromatic heterocycles. The topological polar surface area (TPSA) is 48.3 Å². The highest BCUT2D eigenvalue weighted by Crippen LogP contribution is 2.27. The van der Waals surface area contributed by atoms with Crippen LogP contribution in [0.5, 0.6) is 0 Å². The molecule has 5 rings (SSSR count). The first-order valence-electron chi connectivity index (χ1n) is 7.28. The van der Waals surface area contributed by atoms with Crippen LogP contribution in [0.2, 0.25) is 0 Å². The van der Waals surface area contributed by atoms with Crippen molar-refractivity contribution in [3.8, 4) is 11.6 Å². The molecule has 6 heteroatoms. The molecule has 23 heavy (non-hydrogen) atoms. The molecule has 0 atom stereocenters. The van der Waals surface area contributed by atoms with Gasteiger partial charge in [-0.05, 0) is 12.1 Å². The minimum absolute atomic E-state index is 0.667. The van der Waals surface area contributed by atoms with E-state index >= 15 is 0 Å². The molecule has 0 fully saturated rings. The van der Waals surface area contributed by atoms with E-state index in [9.17, 15) is 0 Å². The molecule has 5 aromatic rings. The summed E-state index contributed by atoms with van der Waals surface area (Å²) >= 11 is 1.63. The van der Waals surface area contributed by atoms with Gasteiger partial charge in [-0.25, -0.2) is 9.97 Å². The quantitative estimate of drug-likeness (QED) is 0.504. The molecule has 0 aliphatic heterocycles. The van der Waals surface area contributed by atoms with Gasteiger partial charge in [0.25, 0.3) is 0 Å².